The van der Waals surface area contributed by atoms with Gasteiger partial charge in [-0.25, -0.2) is 0 Å². The minimum Gasteiger partial charge on any atom is -0.376 e. The molecule has 0 aliphatic carbocycles. The molecule has 0 radical (unpaired) electrons. The van der Waals surface area contributed by atoms with E-state index in [-0.39, 0.29) is 16.6 Å². The van der Waals surface area contributed by atoms with Crippen molar-refractivity contribution < 1.29 is 4.92 Å². The number of nitro groups is 1. The van der Waals surface area contributed by atoms with Gasteiger partial charge in [0.1, 0.15) is 0 Å². The predicted octanol–water partition coefficient (Wildman–Crippen LogP) is 0.267. The van der Waals surface area contributed by atoms with Crippen molar-refractivity contribution in [3.63, 3.8) is 0 Å². The molecule has 0 amide bonds. The molecule has 0 fully saturated rings. The maximum Gasteiger partial charge on any atom is 0.203 e. The molecule has 0 spiro atoms. The number of unbranched alkanes of at least 4 members (excludes halogenated alkanes) is 2. The number of hydrogen-bond acceptors (Lipinski definition) is 3. The predicted molar refractivity (Wildman–Crippen MR) is 50.5 cm³/mol. The first-order valence-electron chi connectivity index (χ1n) is 3.78. The number of nitrogens with one attached hydrogen (secondary N) is 1. The maximum absolute atomic E-state index is 9.89. The lowest BCUT2D eigenvalue weighted by atomic mass is 10.2. The Morgan fingerprint density at radius 3 is 2.67 bits per heavy atom. The van der Waals surface area contributed by atoms with Crippen LogP contribution in [0.15, 0.2) is 0 Å². The van der Waals surface area contributed by atoms with Crippen molar-refractivity contribution in [3.8, 4) is 0 Å². The largest absolute Gasteiger partial charge is 0.376 e. The lowest BCUT2D eigenvalue weighted by Gasteiger charge is -2.01. The van der Waals surface area contributed by atoms with Crippen molar-refractivity contribution in [2.45, 2.75) is 19.3 Å². The number of nitrogens with two attached hydrogens (primary N) is 1. The van der Waals surface area contributed by atoms with Gasteiger partial charge in [0.2, 0.25) is 6.54 Å². The number of thiocarbonyl (C=S) groups is 1. The topological polar surface area (TPSA) is 81.2 Å². The van der Waals surface area contributed by atoms with E-state index in [1.165, 1.54) is 0 Å². The van der Waals surface area contributed by atoms with E-state index in [2.05, 4.69) is 17.5 Å². The second-order valence-corrected chi connectivity index (χ2v) is 2.85. The standard InChI is InChI=1S/C6H13N3O2S/c7-6(12)8-4-2-1-3-5-9(10)11/h1-5H2,(H3,7,8,12). The van der Waals surface area contributed by atoms with Gasteiger partial charge in [-0.2, -0.15) is 0 Å². The summed E-state index contributed by atoms with van der Waals surface area (Å²) in [5, 5.41) is 12.9. The molecule has 0 saturated carbocycles. The zero-order valence-electron chi connectivity index (χ0n) is 6.78. The molecule has 6 heteroatoms. The SMILES string of the molecule is NC(=S)NCCCCC[N+](=O)[O-]. The van der Waals surface area contributed by atoms with Gasteiger partial charge in [-0.1, -0.05) is 0 Å². The van der Waals surface area contributed by atoms with Crippen LogP contribution in [-0.2, 0) is 0 Å². The molecule has 0 aliphatic heterocycles. The van der Waals surface area contributed by atoms with E-state index in [4.69, 9.17) is 5.73 Å². The Hall–Kier alpha value is -0.910. The summed E-state index contributed by atoms with van der Waals surface area (Å²) in [6.45, 7) is 0.750. The Bertz CT molecular complexity index is 145. The summed E-state index contributed by atoms with van der Waals surface area (Å²) >= 11 is 4.57. The van der Waals surface area contributed by atoms with Crippen LogP contribution in [-0.4, -0.2) is 23.1 Å². The van der Waals surface area contributed by atoms with Crippen LogP contribution in [0.25, 0.3) is 0 Å². The molecule has 0 aromatic carbocycles. The van der Waals surface area contributed by atoms with Crippen LogP contribution < -0.4 is 11.1 Å². The minimum absolute atomic E-state index is 0.0487. The van der Waals surface area contributed by atoms with E-state index in [1.807, 2.05) is 0 Å². The van der Waals surface area contributed by atoms with Gasteiger partial charge >= 0.3 is 0 Å². The monoisotopic (exact) mass is 191 g/mol. The molecule has 3 N–H and O–H groups in total. The first-order chi connectivity index (χ1) is 5.63. The third kappa shape index (κ3) is 9.09. The molecule has 0 bridgehead atoms. The molecule has 5 nitrogen and oxygen atoms in total. The van der Waals surface area contributed by atoms with Crippen molar-refractivity contribution in [1.82, 2.24) is 5.32 Å². The van der Waals surface area contributed by atoms with Crippen LogP contribution in [0.5, 0.6) is 0 Å². The van der Waals surface area contributed by atoms with Crippen molar-refractivity contribution in [2.24, 2.45) is 5.73 Å². The summed E-state index contributed by atoms with van der Waals surface area (Å²) in [7, 11) is 0. The first-order valence-corrected chi connectivity index (χ1v) is 4.19. The average molecular weight is 191 g/mol. The van der Waals surface area contributed by atoms with Crippen LogP contribution >= 0.6 is 12.2 Å². The Morgan fingerprint density at radius 1 is 1.50 bits per heavy atom. The summed E-state index contributed by atoms with van der Waals surface area (Å²) in [4.78, 5) is 9.58. The van der Waals surface area contributed by atoms with Gasteiger partial charge in [0.15, 0.2) is 5.11 Å². The third-order valence-electron chi connectivity index (χ3n) is 1.32. The highest BCUT2D eigenvalue weighted by Crippen LogP contribution is 1.93. The smallest absolute Gasteiger partial charge is 0.203 e. The summed E-state index contributed by atoms with van der Waals surface area (Å²) in [5.41, 5.74) is 5.17. The summed E-state index contributed by atoms with van der Waals surface area (Å²) in [6, 6.07) is 0. The van der Waals surface area contributed by atoms with Crippen molar-refractivity contribution in [3.05, 3.63) is 10.1 Å². The Balaban J connectivity index is 3.01. The van der Waals surface area contributed by atoms with E-state index in [1.54, 1.807) is 0 Å². The van der Waals surface area contributed by atoms with Gasteiger partial charge in [0.25, 0.3) is 0 Å². The molecule has 0 heterocycles. The van der Waals surface area contributed by atoms with E-state index in [0.29, 0.717) is 13.0 Å². The minimum atomic E-state index is -0.305. The quantitative estimate of drug-likeness (QED) is 0.272. The van der Waals surface area contributed by atoms with Gasteiger partial charge in [-0.3, -0.25) is 10.1 Å². The zero-order valence-corrected chi connectivity index (χ0v) is 7.60. The molecule has 0 saturated heterocycles. The number of nitrogens with zero attached hydrogens (tertiary/aromatic N) is 1. The number of rotatable bonds is 6. The maximum atomic E-state index is 9.89. The molecule has 0 unspecified atom stereocenters. The summed E-state index contributed by atoms with van der Waals surface area (Å²) < 4.78 is 0. The molecule has 0 aromatic rings. The van der Waals surface area contributed by atoms with E-state index < -0.39 is 0 Å². The van der Waals surface area contributed by atoms with Gasteiger partial charge in [0, 0.05) is 17.9 Å². The fourth-order valence-electron chi connectivity index (χ4n) is 0.754. The van der Waals surface area contributed by atoms with E-state index >= 15 is 0 Å². The number of hydrogen-bond donors (Lipinski definition) is 2. The Kier molecular flexibility index (Phi) is 6.26. The van der Waals surface area contributed by atoms with Crippen LogP contribution in [0.2, 0.25) is 0 Å². The average Bonchev–Trinajstić information content (AvgIpc) is 1.95. The van der Waals surface area contributed by atoms with Crippen LogP contribution in [0.1, 0.15) is 19.3 Å². The normalized spacial score (nSPS) is 9.33. The molecular weight excluding hydrogens is 178 g/mol. The first kappa shape index (κ1) is 11.1. The van der Waals surface area contributed by atoms with Crippen molar-refractivity contribution in [2.75, 3.05) is 13.1 Å². The van der Waals surface area contributed by atoms with Crippen LogP contribution in [0, 0.1) is 10.1 Å². The van der Waals surface area contributed by atoms with Crippen LogP contribution in [0.4, 0.5) is 0 Å². The second kappa shape index (κ2) is 6.78. The summed E-state index contributed by atoms with van der Waals surface area (Å²) in [6.07, 6.45) is 2.31. The molecular formula is C6H13N3O2S. The molecule has 70 valence electrons. The lowest BCUT2D eigenvalue weighted by Crippen LogP contribution is -2.29. The Labute approximate surface area is 76.5 Å². The summed E-state index contributed by atoms with van der Waals surface area (Å²) in [5.74, 6) is 0. The highest BCUT2D eigenvalue weighted by molar-refractivity contribution is 7.80. The van der Waals surface area contributed by atoms with Crippen molar-refractivity contribution in [1.29, 1.82) is 0 Å². The van der Waals surface area contributed by atoms with Gasteiger partial charge in [-0.05, 0) is 25.1 Å². The van der Waals surface area contributed by atoms with Crippen molar-refractivity contribution >= 4 is 17.3 Å². The zero-order chi connectivity index (χ0) is 9.40. The van der Waals surface area contributed by atoms with Gasteiger partial charge in [-0.15, -0.1) is 0 Å². The fourth-order valence-corrected chi connectivity index (χ4v) is 0.856. The fraction of sp³-hybridized carbons (Fsp3) is 0.833. The van der Waals surface area contributed by atoms with Gasteiger partial charge < -0.3 is 11.1 Å². The Morgan fingerprint density at radius 2 is 2.17 bits per heavy atom. The third-order valence-corrected chi connectivity index (χ3v) is 1.46. The molecule has 0 aliphatic rings. The molecule has 0 rings (SSSR count). The highest BCUT2D eigenvalue weighted by atomic mass is 32.1. The molecule has 12 heavy (non-hydrogen) atoms. The van der Waals surface area contributed by atoms with Crippen LogP contribution in [0.3, 0.4) is 0 Å². The van der Waals surface area contributed by atoms with E-state index in [9.17, 15) is 10.1 Å². The lowest BCUT2D eigenvalue weighted by molar-refractivity contribution is -0.480. The molecule has 0 aromatic heterocycles. The van der Waals surface area contributed by atoms with E-state index in [0.717, 1.165) is 12.8 Å². The second-order valence-electron chi connectivity index (χ2n) is 2.41. The highest BCUT2D eigenvalue weighted by Gasteiger charge is 1.96. The molecule has 0 atom stereocenters. The van der Waals surface area contributed by atoms with Gasteiger partial charge in [0.05, 0.1) is 0 Å².